The number of urea groups is 1. The van der Waals surface area contributed by atoms with Gasteiger partial charge in [-0.25, -0.2) is 9.79 Å². The summed E-state index contributed by atoms with van der Waals surface area (Å²) in [6.45, 7) is 0. The van der Waals surface area contributed by atoms with Crippen molar-refractivity contribution in [3.63, 3.8) is 0 Å². The van der Waals surface area contributed by atoms with Crippen molar-refractivity contribution in [2.45, 2.75) is 25.1 Å². The molecule has 5 aliphatic rings. The Balaban J connectivity index is 1.51. The zero-order valence-corrected chi connectivity index (χ0v) is 15.6. The summed E-state index contributed by atoms with van der Waals surface area (Å²) < 4.78 is 0. The quantitative estimate of drug-likeness (QED) is 0.649. The van der Waals surface area contributed by atoms with Crippen LogP contribution in [-0.2, 0) is 0 Å². The van der Waals surface area contributed by atoms with Gasteiger partial charge in [-0.1, -0.05) is 66.8 Å². The molecule has 0 radical (unpaired) electrons. The molecule has 0 saturated carbocycles. The minimum atomic E-state index is -0.604. The SMILES string of the molecule is O=C1NC(C2CCC=CC2O)=NC(C2=CC3C=CC=CC3C3C=CC=CC23)N1. The summed E-state index contributed by atoms with van der Waals surface area (Å²) in [6.07, 6.45) is 24.2. The molecule has 28 heavy (non-hydrogen) atoms. The molecule has 0 bridgehead atoms. The maximum Gasteiger partial charge on any atom is 0.322 e. The van der Waals surface area contributed by atoms with Crippen molar-refractivity contribution in [2.24, 2.45) is 34.6 Å². The maximum absolute atomic E-state index is 12.4. The van der Waals surface area contributed by atoms with Crippen molar-refractivity contribution >= 4 is 11.9 Å². The highest BCUT2D eigenvalue weighted by Crippen LogP contribution is 2.45. The number of aliphatic imine (C=N–C) groups is 1. The van der Waals surface area contributed by atoms with Crippen molar-refractivity contribution in [1.29, 1.82) is 0 Å². The van der Waals surface area contributed by atoms with Crippen LogP contribution in [0.2, 0.25) is 0 Å². The van der Waals surface area contributed by atoms with Crippen LogP contribution in [0.4, 0.5) is 4.79 Å². The van der Waals surface area contributed by atoms with Crippen LogP contribution < -0.4 is 10.6 Å². The third-order valence-electron chi connectivity index (χ3n) is 6.45. The van der Waals surface area contributed by atoms with E-state index in [9.17, 15) is 9.90 Å². The number of hydrogen-bond acceptors (Lipinski definition) is 3. The predicted octanol–water partition coefficient (Wildman–Crippen LogP) is 3.01. The standard InChI is InChI=1S/C23H25N3O2/c27-20-12-6-5-11-18(20)21-24-22(26-23(28)25-21)19-13-14-7-1-2-8-15(14)16-9-3-4-10-17(16)19/h1-4,6-10,12-18,20,22,27H,5,11H2,(H2,24,25,26,28). The first kappa shape index (κ1) is 17.4. The Hall–Kier alpha value is -2.66. The first-order valence-corrected chi connectivity index (χ1v) is 10.1. The molecule has 0 aromatic heterocycles. The van der Waals surface area contributed by atoms with E-state index >= 15 is 0 Å². The second kappa shape index (κ2) is 7.06. The molecule has 1 aliphatic heterocycles. The Morgan fingerprint density at radius 1 is 1.00 bits per heavy atom. The van der Waals surface area contributed by atoms with Gasteiger partial charge in [0.05, 0.1) is 6.10 Å². The number of carbonyl (C=O) groups excluding carboxylic acids is 1. The lowest BCUT2D eigenvalue weighted by molar-refractivity contribution is 0.171. The van der Waals surface area contributed by atoms with E-state index in [0.29, 0.717) is 23.6 Å². The van der Waals surface area contributed by atoms with Gasteiger partial charge in [-0.15, -0.1) is 0 Å². The van der Waals surface area contributed by atoms with Crippen molar-refractivity contribution in [2.75, 3.05) is 0 Å². The highest BCUT2D eigenvalue weighted by molar-refractivity contribution is 6.01. The largest absolute Gasteiger partial charge is 0.388 e. The van der Waals surface area contributed by atoms with Crippen molar-refractivity contribution < 1.29 is 9.90 Å². The van der Waals surface area contributed by atoms with E-state index in [4.69, 9.17) is 4.99 Å². The molecule has 7 atom stereocenters. The molecule has 0 fully saturated rings. The summed E-state index contributed by atoms with van der Waals surface area (Å²) in [6, 6.07) is -0.245. The van der Waals surface area contributed by atoms with Crippen LogP contribution in [0.15, 0.2) is 77.4 Å². The second-order valence-electron chi connectivity index (χ2n) is 8.08. The van der Waals surface area contributed by atoms with Crippen LogP contribution in [0.25, 0.3) is 0 Å². The average molecular weight is 375 g/mol. The van der Waals surface area contributed by atoms with Gasteiger partial charge >= 0.3 is 6.03 Å². The number of amidine groups is 1. The highest BCUT2D eigenvalue weighted by Gasteiger charge is 2.41. The summed E-state index contributed by atoms with van der Waals surface area (Å²) in [5, 5.41) is 16.2. The molecule has 5 nitrogen and oxygen atoms in total. The van der Waals surface area contributed by atoms with E-state index in [2.05, 4.69) is 65.3 Å². The second-order valence-corrected chi connectivity index (χ2v) is 8.08. The van der Waals surface area contributed by atoms with E-state index in [1.54, 1.807) is 6.08 Å². The normalized spacial score (nSPS) is 40.8. The molecule has 5 heteroatoms. The minimum absolute atomic E-state index is 0.161. The molecular weight excluding hydrogens is 350 g/mol. The van der Waals surface area contributed by atoms with Gasteiger partial charge < -0.3 is 10.4 Å². The van der Waals surface area contributed by atoms with Gasteiger partial charge in [0.1, 0.15) is 12.0 Å². The molecule has 2 amide bonds. The summed E-state index contributed by atoms with van der Waals surface area (Å²) in [5.41, 5.74) is 1.14. The lowest BCUT2D eigenvalue weighted by atomic mass is 9.64. The number of rotatable bonds is 2. The topological polar surface area (TPSA) is 73.7 Å². The summed E-state index contributed by atoms with van der Waals surface area (Å²) in [5.74, 6) is 1.76. The number of nitrogens with one attached hydrogen (secondary N) is 2. The number of aliphatic hydroxyl groups is 1. The Morgan fingerprint density at radius 3 is 2.64 bits per heavy atom. The Bertz CT molecular complexity index is 876. The van der Waals surface area contributed by atoms with Crippen LogP contribution in [0.1, 0.15) is 12.8 Å². The molecular formula is C23H25N3O2. The number of amides is 2. The predicted molar refractivity (Wildman–Crippen MR) is 109 cm³/mol. The smallest absolute Gasteiger partial charge is 0.322 e. The van der Waals surface area contributed by atoms with Gasteiger partial charge in [-0.05, 0) is 30.3 Å². The molecule has 144 valence electrons. The number of aliphatic hydroxyl groups excluding tert-OH is 1. The molecule has 0 aromatic rings. The molecule has 0 saturated heterocycles. The van der Waals surface area contributed by atoms with Crippen molar-refractivity contribution in [3.05, 3.63) is 72.4 Å². The van der Waals surface area contributed by atoms with Gasteiger partial charge in [0, 0.05) is 17.8 Å². The summed E-state index contributed by atoms with van der Waals surface area (Å²) >= 11 is 0. The maximum atomic E-state index is 12.4. The monoisotopic (exact) mass is 375 g/mol. The first-order valence-electron chi connectivity index (χ1n) is 10.1. The van der Waals surface area contributed by atoms with Gasteiger partial charge in [0.15, 0.2) is 0 Å². The van der Waals surface area contributed by atoms with Crippen LogP contribution in [0.3, 0.4) is 0 Å². The third-order valence-corrected chi connectivity index (χ3v) is 6.45. The highest BCUT2D eigenvalue weighted by atomic mass is 16.3. The van der Waals surface area contributed by atoms with E-state index in [-0.39, 0.29) is 17.9 Å². The van der Waals surface area contributed by atoms with Crippen molar-refractivity contribution in [1.82, 2.24) is 10.6 Å². The Kier molecular flexibility index (Phi) is 4.40. The third kappa shape index (κ3) is 3.00. The fourth-order valence-corrected chi connectivity index (χ4v) is 5.07. The van der Waals surface area contributed by atoms with E-state index in [1.165, 1.54) is 0 Å². The van der Waals surface area contributed by atoms with Gasteiger partial charge in [0.2, 0.25) is 0 Å². The zero-order chi connectivity index (χ0) is 19.1. The summed E-state index contributed by atoms with van der Waals surface area (Å²) in [7, 11) is 0. The molecule has 7 unspecified atom stereocenters. The fraction of sp³-hybridized carbons (Fsp3) is 0.391. The molecule has 0 spiro atoms. The van der Waals surface area contributed by atoms with E-state index in [1.807, 2.05) is 6.08 Å². The van der Waals surface area contributed by atoms with Crippen LogP contribution in [0.5, 0.6) is 0 Å². The van der Waals surface area contributed by atoms with Crippen molar-refractivity contribution in [3.8, 4) is 0 Å². The lowest BCUT2D eigenvalue weighted by Gasteiger charge is -2.42. The number of allylic oxidation sites excluding steroid dienone is 10. The lowest BCUT2D eigenvalue weighted by Crippen LogP contribution is -2.55. The fourth-order valence-electron chi connectivity index (χ4n) is 5.07. The first-order chi connectivity index (χ1) is 13.7. The number of nitrogens with zero attached hydrogens (tertiary/aromatic N) is 1. The minimum Gasteiger partial charge on any atom is -0.388 e. The molecule has 1 heterocycles. The number of fused-ring (bicyclic) bond motifs is 3. The van der Waals surface area contributed by atoms with E-state index < -0.39 is 12.3 Å². The van der Waals surface area contributed by atoms with E-state index in [0.717, 1.165) is 18.4 Å². The molecule has 4 aliphatic carbocycles. The molecule has 0 aromatic carbocycles. The zero-order valence-electron chi connectivity index (χ0n) is 15.6. The molecule has 5 rings (SSSR count). The Morgan fingerprint density at radius 2 is 1.79 bits per heavy atom. The van der Waals surface area contributed by atoms with Gasteiger partial charge in [-0.3, -0.25) is 5.32 Å². The van der Waals surface area contributed by atoms with Gasteiger partial charge in [-0.2, -0.15) is 0 Å². The summed E-state index contributed by atoms with van der Waals surface area (Å²) in [4.78, 5) is 17.3. The number of hydrogen-bond donors (Lipinski definition) is 3. The van der Waals surface area contributed by atoms with Gasteiger partial charge in [0.25, 0.3) is 0 Å². The average Bonchev–Trinajstić information content (AvgIpc) is 2.73. The Labute approximate surface area is 165 Å². The van der Waals surface area contributed by atoms with Crippen LogP contribution >= 0.6 is 0 Å². The van der Waals surface area contributed by atoms with Crippen LogP contribution in [0, 0.1) is 29.6 Å². The molecule has 3 N–H and O–H groups in total. The van der Waals surface area contributed by atoms with Crippen LogP contribution in [-0.4, -0.2) is 29.2 Å². The number of carbonyl (C=O) groups is 1.